The molecule has 1 fully saturated rings. The first kappa shape index (κ1) is 12.8. The zero-order valence-electron chi connectivity index (χ0n) is 11.4. The quantitative estimate of drug-likeness (QED) is 0.830. The van der Waals surface area contributed by atoms with Gasteiger partial charge in [0.25, 0.3) is 0 Å². The summed E-state index contributed by atoms with van der Waals surface area (Å²) in [5.41, 5.74) is -0.845. The van der Waals surface area contributed by atoms with Gasteiger partial charge in [-0.15, -0.1) is 4.73 Å². The summed E-state index contributed by atoms with van der Waals surface area (Å²) in [6, 6.07) is 0. The second-order valence-corrected chi connectivity index (χ2v) is 4.84. The van der Waals surface area contributed by atoms with Crippen LogP contribution in [-0.4, -0.2) is 33.6 Å². The molecule has 108 valence electrons. The summed E-state index contributed by atoms with van der Waals surface area (Å²) >= 11 is 0. The van der Waals surface area contributed by atoms with Crippen LogP contribution in [0.25, 0.3) is 11.2 Å². The van der Waals surface area contributed by atoms with Crippen molar-refractivity contribution in [3.05, 3.63) is 26.7 Å². The van der Waals surface area contributed by atoms with Gasteiger partial charge in [-0.1, -0.05) is 17.6 Å². The molecule has 1 aliphatic carbocycles. The number of rotatable bonds is 3. The summed E-state index contributed by atoms with van der Waals surface area (Å²) in [6.07, 6.45) is 4.38. The zero-order chi connectivity index (χ0) is 14.3. The Labute approximate surface area is 113 Å². The first-order valence-electron chi connectivity index (χ1n) is 6.54. The summed E-state index contributed by atoms with van der Waals surface area (Å²) in [5, 5.41) is 0. The highest BCUT2D eigenvalue weighted by atomic mass is 16.7. The second kappa shape index (κ2) is 4.69. The molecule has 0 spiro atoms. The van der Waals surface area contributed by atoms with Crippen LogP contribution in [-0.2, 0) is 0 Å². The Morgan fingerprint density at radius 3 is 2.40 bits per heavy atom. The maximum absolute atomic E-state index is 12.2. The number of nitrogens with zero attached hydrogens (tertiary/aromatic N) is 3. The average Bonchev–Trinajstić information content (AvgIpc) is 3.08. The van der Waals surface area contributed by atoms with Gasteiger partial charge in [0.1, 0.15) is 20.0 Å². The number of imidazole rings is 1. The standard InChI is InChI=1S/C12H16N4O4/c1-19-15-10-8(11(17)16(20-2)12(15)18)13-9(14-10)7-5-3-4-6-7/h7H,3-6H2,1-2H3,(H,13,14). The summed E-state index contributed by atoms with van der Waals surface area (Å²) in [4.78, 5) is 41.4. The van der Waals surface area contributed by atoms with Gasteiger partial charge >= 0.3 is 11.2 Å². The van der Waals surface area contributed by atoms with Crippen molar-refractivity contribution in [3.63, 3.8) is 0 Å². The Kier molecular flexibility index (Phi) is 3.00. The number of aromatic nitrogens is 4. The minimum absolute atomic E-state index is 0.206. The van der Waals surface area contributed by atoms with E-state index in [0.717, 1.165) is 36.2 Å². The van der Waals surface area contributed by atoms with Crippen molar-refractivity contribution in [3.8, 4) is 0 Å². The first-order valence-corrected chi connectivity index (χ1v) is 6.54. The molecule has 0 aromatic carbocycles. The van der Waals surface area contributed by atoms with Crippen LogP contribution in [0.3, 0.4) is 0 Å². The van der Waals surface area contributed by atoms with E-state index in [-0.39, 0.29) is 11.2 Å². The highest BCUT2D eigenvalue weighted by molar-refractivity contribution is 5.69. The van der Waals surface area contributed by atoms with Crippen molar-refractivity contribution in [2.45, 2.75) is 31.6 Å². The van der Waals surface area contributed by atoms with Crippen LogP contribution in [0.2, 0.25) is 0 Å². The molecule has 0 unspecified atom stereocenters. The van der Waals surface area contributed by atoms with Crippen LogP contribution in [0.5, 0.6) is 0 Å². The van der Waals surface area contributed by atoms with E-state index in [2.05, 4.69) is 9.97 Å². The third kappa shape index (κ3) is 1.71. The molecule has 20 heavy (non-hydrogen) atoms. The molecule has 0 saturated heterocycles. The minimum Gasteiger partial charge on any atom is -0.411 e. The minimum atomic E-state index is -0.711. The van der Waals surface area contributed by atoms with E-state index in [4.69, 9.17) is 9.68 Å². The van der Waals surface area contributed by atoms with Crippen molar-refractivity contribution in [2.75, 3.05) is 14.2 Å². The summed E-state index contributed by atoms with van der Waals surface area (Å²) in [5.74, 6) is 1.03. The summed E-state index contributed by atoms with van der Waals surface area (Å²) < 4.78 is 1.59. The van der Waals surface area contributed by atoms with Crippen LogP contribution >= 0.6 is 0 Å². The molecule has 3 rings (SSSR count). The number of H-pyrrole nitrogens is 1. The van der Waals surface area contributed by atoms with Crippen LogP contribution in [0.15, 0.2) is 9.59 Å². The molecule has 0 amide bonds. The van der Waals surface area contributed by atoms with E-state index in [1.165, 1.54) is 14.2 Å². The molecule has 8 nitrogen and oxygen atoms in total. The lowest BCUT2D eigenvalue weighted by Crippen LogP contribution is -2.44. The topological polar surface area (TPSA) is 91.1 Å². The molecule has 0 radical (unpaired) electrons. The van der Waals surface area contributed by atoms with E-state index in [9.17, 15) is 9.59 Å². The molecule has 2 aromatic heterocycles. The van der Waals surface area contributed by atoms with Crippen molar-refractivity contribution in [1.29, 1.82) is 0 Å². The fourth-order valence-electron chi connectivity index (χ4n) is 2.76. The Bertz CT molecular complexity index is 751. The Morgan fingerprint density at radius 2 is 1.80 bits per heavy atom. The average molecular weight is 280 g/mol. The van der Waals surface area contributed by atoms with E-state index >= 15 is 0 Å². The van der Waals surface area contributed by atoms with E-state index < -0.39 is 11.2 Å². The van der Waals surface area contributed by atoms with Crippen LogP contribution in [0, 0.1) is 0 Å². The van der Waals surface area contributed by atoms with Gasteiger partial charge in [-0.2, -0.15) is 0 Å². The fraction of sp³-hybridized carbons (Fsp3) is 0.583. The third-order valence-corrected chi connectivity index (χ3v) is 3.75. The monoisotopic (exact) mass is 280 g/mol. The SMILES string of the molecule is COn1c(=O)c2[nH]c(C3CCCC3)nc2n(OC)c1=O. The maximum Gasteiger partial charge on any atom is 0.399 e. The van der Waals surface area contributed by atoms with Gasteiger partial charge in [0.15, 0.2) is 5.52 Å². The first-order chi connectivity index (χ1) is 9.67. The lowest BCUT2D eigenvalue weighted by molar-refractivity contribution is 0.0987. The number of nitrogens with one attached hydrogen (secondary N) is 1. The predicted octanol–water partition coefficient (Wildman–Crippen LogP) is -0.339. The van der Waals surface area contributed by atoms with Crippen LogP contribution in [0.1, 0.15) is 37.4 Å². The van der Waals surface area contributed by atoms with Crippen molar-refractivity contribution >= 4 is 11.2 Å². The van der Waals surface area contributed by atoms with Gasteiger partial charge in [-0.05, 0) is 12.8 Å². The number of hydrogen-bond acceptors (Lipinski definition) is 5. The molecule has 2 heterocycles. The Morgan fingerprint density at radius 1 is 1.15 bits per heavy atom. The maximum atomic E-state index is 12.2. The lowest BCUT2D eigenvalue weighted by Gasteiger charge is -2.06. The van der Waals surface area contributed by atoms with Gasteiger partial charge < -0.3 is 14.7 Å². The molecular formula is C12H16N4O4. The number of fused-ring (bicyclic) bond motifs is 1. The molecule has 1 N–H and O–H groups in total. The highest BCUT2D eigenvalue weighted by Crippen LogP contribution is 2.32. The normalized spacial score (nSPS) is 15.9. The summed E-state index contributed by atoms with van der Waals surface area (Å²) in [7, 11) is 2.60. The summed E-state index contributed by atoms with van der Waals surface area (Å²) in [6.45, 7) is 0. The molecule has 0 bridgehead atoms. The fourth-order valence-corrected chi connectivity index (χ4v) is 2.76. The van der Waals surface area contributed by atoms with E-state index in [1.54, 1.807) is 0 Å². The molecule has 1 saturated carbocycles. The molecule has 0 aliphatic heterocycles. The molecular weight excluding hydrogens is 264 g/mol. The predicted molar refractivity (Wildman–Crippen MR) is 70.8 cm³/mol. The molecule has 1 aliphatic rings. The van der Waals surface area contributed by atoms with E-state index in [0.29, 0.717) is 10.6 Å². The Hall–Kier alpha value is -2.25. The lowest BCUT2D eigenvalue weighted by atomic mass is 10.1. The Balaban J connectivity index is 2.29. The largest absolute Gasteiger partial charge is 0.411 e. The molecule has 8 heteroatoms. The van der Waals surface area contributed by atoms with Crippen LogP contribution in [0.4, 0.5) is 0 Å². The van der Waals surface area contributed by atoms with Gasteiger partial charge in [0.2, 0.25) is 5.65 Å². The molecule has 2 aromatic rings. The zero-order valence-corrected chi connectivity index (χ0v) is 11.4. The van der Waals surface area contributed by atoms with Gasteiger partial charge in [-0.3, -0.25) is 4.79 Å². The second-order valence-electron chi connectivity index (χ2n) is 4.84. The van der Waals surface area contributed by atoms with Gasteiger partial charge in [0, 0.05) is 5.92 Å². The van der Waals surface area contributed by atoms with Crippen LogP contribution < -0.4 is 20.9 Å². The number of hydrogen-bond donors (Lipinski definition) is 1. The van der Waals surface area contributed by atoms with Crippen molar-refractivity contribution in [1.82, 2.24) is 19.4 Å². The number of aromatic amines is 1. The molecule has 0 atom stereocenters. The van der Waals surface area contributed by atoms with Gasteiger partial charge in [-0.25, -0.2) is 9.78 Å². The highest BCUT2D eigenvalue weighted by Gasteiger charge is 2.24. The van der Waals surface area contributed by atoms with Crippen molar-refractivity contribution in [2.24, 2.45) is 0 Å². The van der Waals surface area contributed by atoms with Gasteiger partial charge in [0.05, 0.1) is 0 Å². The smallest absolute Gasteiger partial charge is 0.399 e. The van der Waals surface area contributed by atoms with Crippen molar-refractivity contribution < 1.29 is 9.68 Å². The third-order valence-electron chi connectivity index (χ3n) is 3.75. The van der Waals surface area contributed by atoms with E-state index in [1.807, 2.05) is 0 Å².